The van der Waals surface area contributed by atoms with E-state index in [2.05, 4.69) is 12.1 Å². The number of amides is 1. The van der Waals surface area contributed by atoms with E-state index in [0.717, 1.165) is 6.42 Å². The molecule has 0 bridgehead atoms. The number of carbonyl (C=O) groups is 1. The summed E-state index contributed by atoms with van der Waals surface area (Å²) in [5.74, 6) is 0.165. The zero-order valence-electron chi connectivity index (χ0n) is 11.3. The lowest BCUT2D eigenvalue weighted by molar-refractivity contribution is -0.145. The summed E-state index contributed by atoms with van der Waals surface area (Å²) in [7, 11) is 0. The van der Waals surface area contributed by atoms with Gasteiger partial charge in [0.15, 0.2) is 0 Å². The van der Waals surface area contributed by atoms with E-state index < -0.39 is 5.72 Å². The van der Waals surface area contributed by atoms with Crippen LogP contribution in [0.3, 0.4) is 0 Å². The molecule has 0 aliphatic carbocycles. The first kappa shape index (κ1) is 13.1. The zero-order valence-corrected chi connectivity index (χ0v) is 11.3. The number of benzene rings is 1. The highest BCUT2D eigenvalue weighted by Gasteiger charge is 2.42. The van der Waals surface area contributed by atoms with Crippen LogP contribution in [0.2, 0.25) is 0 Å². The van der Waals surface area contributed by atoms with Crippen LogP contribution in [-0.2, 0) is 16.0 Å². The second kappa shape index (κ2) is 5.11. The lowest BCUT2D eigenvalue weighted by Crippen LogP contribution is -2.48. The molecule has 1 fully saturated rings. The molecule has 1 aromatic rings. The Labute approximate surface area is 109 Å². The summed E-state index contributed by atoms with van der Waals surface area (Å²) in [6.45, 7) is 6.45. The van der Waals surface area contributed by atoms with Crippen molar-refractivity contribution in [2.24, 2.45) is 0 Å². The van der Waals surface area contributed by atoms with Gasteiger partial charge in [-0.15, -0.1) is 0 Å². The van der Waals surface area contributed by atoms with Crippen LogP contribution in [0, 0.1) is 0 Å². The fourth-order valence-corrected chi connectivity index (χ4v) is 2.59. The first-order chi connectivity index (χ1) is 8.54. The largest absolute Gasteiger partial charge is 0.354 e. The summed E-state index contributed by atoms with van der Waals surface area (Å²) < 4.78 is 5.77. The van der Waals surface area contributed by atoms with Crippen LogP contribution in [0.25, 0.3) is 0 Å². The summed E-state index contributed by atoms with van der Waals surface area (Å²) >= 11 is 0. The van der Waals surface area contributed by atoms with Gasteiger partial charge in [0.1, 0.15) is 5.72 Å². The molecule has 1 saturated heterocycles. The molecule has 18 heavy (non-hydrogen) atoms. The molecule has 3 heteroatoms. The fraction of sp³-hybridized carbons (Fsp3) is 0.533. The summed E-state index contributed by atoms with van der Waals surface area (Å²) in [6, 6.07) is 10.4. The van der Waals surface area contributed by atoms with E-state index in [1.54, 1.807) is 0 Å². The number of nitrogens with zero attached hydrogens (tertiary/aromatic N) is 1. The van der Waals surface area contributed by atoms with Gasteiger partial charge >= 0.3 is 0 Å². The summed E-state index contributed by atoms with van der Waals surface area (Å²) in [5.41, 5.74) is 0.768. The molecular formula is C15H21NO2. The van der Waals surface area contributed by atoms with Gasteiger partial charge in [-0.3, -0.25) is 4.79 Å². The van der Waals surface area contributed by atoms with Crippen LogP contribution < -0.4 is 0 Å². The Morgan fingerprint density at radius 3 is 2.67 bits per heavy atom. The van der Waals surface area contributed by atoms with E-state index in [0.29, 0.717) is 13.0 Å². The highest BCUT2D eigenvalue weighted by atomic mass is 16.5. The monoisotopic (exact) mass is 247 g/mol. The number of carbonyl (C=O) groups excluding carboxylic acids is 1. The van der Waals surface area contributed by atoms with Gasteiger partial charge in [-0.2, -0.15) is 0 Å². The van der Waals surface area contributed by atoms with E-state index in [-0.39, 0.29) is 11.9 Å². The molecule has 98 valence electrons. The number of ether oxygens (including phenoxy) is 1. The molecule has 0 radical (unpaired) electrons. The average Bonchev–Trinajstić information content (AvgIpc) is 2.65. The molecule has 1 aliphatic heterocycles. The van der Waals surface area contributed by atoms with Crippen molar-refractivity contribution in [1.29, 1.82) is 0 Å². The van der Waals surface area contributed by atoms with Crippen molar-refractivity contribution in [3.8, 4) is 0 Å². The maximum Gasteiger partial charge on any atom is 0.224 e. The quantitative estimate of drug-likeness (QED) is 0.821. The molecule has 0 N–H and O–H groups in total. The van der Waals surface area contributed by atoms with Gasteiger partial charge in [0.2, 0.25) is 5.91 Å². The molecule has 1 atom stereocenters. The lowest BCUT2D eigenvalue weighted by atomic mass is 10.0. The fourth-order valence-electron chi connectivity index (χ4n) is 2.59. The zero-order chi connectivity index (χ0) is 13.2. The number of hydrogen-bond acceptors (Lipinski definition) is 2. The molecule has 0 unspecified atom stereocenters. The molecule has 1 amide bonds. The molecule has 1 aliphatic rings. The second-order valence-electron chi connectivity index (χ2n) is 5.22. The van der Waals surface area contributed by atoms with Gasteiger partial charge in [-0.25, -0.2) is 0 Å². The Morgan fingerprint density at radius 2 is 2.06 bits per heavy atom. The van der Waals surface area contributed by atoms with E-state index in [9.17, 15) is 4.79 Å². The Balaban J connectivity index is 2.15. The highest BCUT2D eigenvalue weighted by Crippen LogP contribution is 2.29. The molecule has 3 nitrogen and oxygen atoms in total. The number of rotatable bonds is 3. The van der Waals surface area contributed by atoms with Gasteiger partial charge in [0.25, 0.3) is 0 Å². The maximum atomic E-state index is 12.1. The van der Waals surface area contributed by atoms with Crippen molar-refractivity contribution in [2.45, 2.75) is 45.4 Å². The Bertz CT molecular complexity index is 414. The van der Waals surface area contributed by atoms with E-state index in [1.807, 2.05) is 43.9 Å². The first-order valence-corrected chi connectivity index (χ1v) is 6.54. The highest BCUT2D eigenvalue weighted by molar-refractivity contribution is 5.77. The Morgan fingerprint density at radius 1 is 1.39 bits per heavy atom. The molecule has 0 aromatic heterocycles. The third-order valence-corrected chi connectivity index (χ3v) is 3.46. The third kappa shape index (κ3) is 2.56. The van der Waals surface area contributed by atoms with Gasteiger partial charge in [-0.1, -0.05) is 37.3 Å². The van der Waals surface area contributed by atoms with Gasteiger partial charge in [0.05, 0.1) is 12.6 Å². The lowest BCUT2D eigenvalue weighted by Gasteiger charge is -2.33. The standard InChI is InChI=1S/C15H21NO2/c1-4-14(17)16-13(11-18-15(16,2)3)10-12-8-6-5-7-9-12/h5-9,13H,4,10-11H2,1-3H3/t13-/m0/s1. The van der Waals surface area contributed by atoms with Gasteiger partial charge < -0.3 is 9.64 Å². The minimum atomic E-state index is -0.480. The summed E-state index contributed by atoms with van der Waals surface area (Å²) in [4.78, 5) is 14.0. The van der Waals surface area contributed by atoms with E-state index >= 15 is 0 Å². The molecule has 2 rings (SSSR count). The van der Waals surface area contributed by atoms with Crippen molar-refractivity contribution >= 4 is 5.91 Å². The summed E-state index contributed by atoms with van der Waals surface area (Å²) in [5, 5.41) is 0. The van der Waals surface area contributed by atoms with Crippen LogP contribution in [-0.4, -0.2) is 29.2 Å². The third-order valence-electron chi connectivity index (χ3n) is 3.46. The summed E-state index contributed by atoms with van der Waals surface area (Å²) in [6.07, 6.45) is 1.38. The van der Waals surface area contributed by atoms with Crippen LogP contribution in [0.1, 0.15) is 32.8 Å². The molecule has 0 spiro atoms. The van der Waals surface area contributed by atoms with Crippen LogP contribution in [0.4, 0.5) is 0 Å². The Kier molecular flexibility index (Phi) is 3.71. The molecular weight excluding hydrogens is 226 g/mol. The SMILES string of the molecule is CCC(=O)N1[C@@H](Cc2ccccc2)COC1(C)C. The van der Waals surface area contributed by atoms with Crippen molar-refractivity contribution in [1.82, 2.24) is 4.90 Å². The molecule has 0 saturated carbocycles. The van der Waals surface area contributed by atoms with Gasteiger partial charge in [0, 0.05) is 6.42 Å². The average molecular weight is 247 g/mol. The minimum absolute atomic E-state index is 0.148. The smallest absolute Gasteiger partial charge is 0.224 e. The predicted molar refractivity (Wildman–Crippen MR) is 71.1 cm³/mol. The first-order valence-electron chi connectivity index (χ1n) is 6.54. The predicted octanol–water partition coefficient (Wildman–Crippen LogP) is 2.60. The normalized spacial score (nSPS) is 22.2. The second-order valence-corrected chi connectivity index (χ2v) is 5.22. The minimum Gasteiger partial charge on any atom is -0.354 e. The molecule has 1 aromatic carbocycles. The van der Waals surface area contributed by atoms with E-state index in [1.165, 1.54) is 5.56 Å². The maximum absolute atomic E-state index is 12.1. The van der Waals surface area contributed by atoms with Crippen molar-refractivity contribution in [3.05, 3.63) is 35.9 Å². The number of hydrogen-bond donors (Lipinski definition) is 0. The van der Waals surface area contributed by atoms with Crippen LogP contribution in [0.15, 0.2) is 30.3 Å². The molecule has 1 heterocycles. The van der Waals surface area contributed by atoms with Crippen molar-refractivity contribution < 1.29 is 9.53 Å². The van der Waals surface area contributed by atoms with Crippen molar-refractivity contribution in [3.63, 3.8) is 0 Å². The van der Waals surface area contributed by atoms with Crippen LogP contribution in [0.5, 0.6) is 0 Å². The van der Waals surface area contributed by atoms with Crippen molar-refractivity contribution in [2.75, 3.05) is 6.61 Å². The van der Waals surface area contributed by atoms with Gasteiger partial charge in [-0.05, 0) is 25.8 Å². The Hall–Kier alpha value is -1.35. The van der Waals surface area contributed by atoms with Crippen LogP contribution >= 0.6 is 0 Å². The topological polar surface area (TPSA) is 29.5 Å². The van der Waals surface area contributed by atoms with E-state index in [4.69, 9.17) is 4.74 Å².